The lowest BCUT2D eigenvalue weighted by atomic mass is 10.0. The molecule has 196 valence electrons. The highest BCUT2D eigenvalue weighted by atomic mass is 31.0. The average Bonchev–Trinajstić information content (AvgIpc) is 3.52. The minimum Gasteiger partial charge on any atom is -0.376 e. The van der Waals surface area contributed by atoms with E-state index in [0.717, 1.165) is 31.0 Å². The highest BCUT2D eigenvalue weighted by molar-refractivity contribution is 7.17. The summed E-state index contributed by atoms with van der Waals surface area (Å²) in [4.78, 5) is 31.6. The topological polar surface area (TPSA) is 115 Å². The summed E-state index contributed by atoms with van der Waals surface area (Å²) in [5.41, 5.74) is -3.74. The molecule has 1 aliphatic heterocycles. The van der Waals surface area contributed by atoms with Crippen molar-refractivity contribution in [2.45, 2.75) is 56.9 Å². The van der Waals surface area contributed by atoms with Crippen LogP contribution in [0.4, 0.5) is 8.78 Å². The van der Waals surface area contributed by atoms with Crippen molar-refractivity contribution in [3.63, 3.8) is 0 Å². The Bertz CT molecular complexity index is 1100. The Labute approximate surface area is 212 Å². The Morgan fingerprint density at radius 2 is 2.08 bits per heavy atom. The molecule has 3 rings (SSSR count). The van der Waals surface area contributed by atoms with Crippen LogP contribution in [0.25, 0.3) is 0 Å². The zero-order chi connectivity index (χ0) is 26.7. The van der Waals surface area contributed by atoms with Crippen molar-refractivity contribution < 1.29 is 18.4 Å². The molecule has 0 aromatic carbocycles. The van der Waals surface area contributed by atoms with Crippen LogP contribution in [-0.4, -0.2) is 70.6 Å². The second-order valence-corrected chi connectivity index (χ2v) is 10.7. The average molecular weight is 522 g/mol. The van der Waals surface area contributed by atoms with Crippen molar-refractivity contribution in [1.82, 2.24) is 25.3 Å². The maximum absolute atomic E-state index is 13.9. The molecule has 1 fully saturated rings. The minimum absolute atomic E-state index is 0.0172. The van der Waals surface area contributed by atoms with Crippen molar-refractivity contribution in [1.29, 1.82) is 5.41 Å². The number of hydrogen-bond acceptors (Lipinski definition) is 6. The predicted molar refractivity (Wildman–Crippen MR) is 138 cm³/mol. The molecule has 2 amide bonds. The van der Waals surface area contributed by atoms with Crippen LogP contribution in [0.2, 0.25) is 0 Å². The normalized spacial score (nSPS) is 17.2. The largest absolute Gasteiger partial charge is 0.376 e. The van der Waals surface area contributed by atoms with Crippen LogP contribution in [0.5, 0.6) is 0 Å². The lowest BCUT2D eigenvalue weighted by molar-refractivity contribution is -0.130. The van der Waals surface area contributed by atoms with Gasteiger partial charge in [-0.3, -0.25) is 24.7 Å². The van der Waals surface area contributed by atoms with E-state index in [4.69, 9.17) is 5.41 Å². The summed E-state index contributed by atoms with van der Waals surface area (Å²) in [6.45, 7) is 4.26. The third kappa shape index (κ3) is 7.53. The molecular weight excluding hydrogens is 487 g/mol. The number of hydrogen-bond donors (Lipinski definition) is 3. The van der Waals surface area contributed by atoms with E-state index >= 15 is 0 Å². The monoisotopic (exact) mass is 521 g/mol. The van der Waals surface area contributed by atoms with Gasteiger partial charge in [0.2, 0.25) is 11.8 Å². The van der Waals surface area contributed by atoms with Gasteiger partial charge in [-0.25, -0.2) is 0 Å². The number of allylic oxidation sites excluding steroid dienone is 1. The van der Waals surface area contributed by atoms with Crippen molar-refractivity contribution in [3.05, 3.63) is 41.4 Å². The van der Waals surface area contributed by atoms with E-state index in [1.54, 1.807) is 13.8 Å². The molecule has 1 saturated carbocycles. The summed E-state index contributed by atoms with van der Waals surface area (Å²) >= 11 is 0. The van der Waals surface area contributed by atoms with E-state index in [1.165, 1.54) is 27.2 Å². The van der Waals surface area contributed by atoms with Gasteiger partial charge in [-0.05, 0) is 38.3 Å². The molecule has 2 atom stereocenters. The van der Waals surface area contributed by atoms with Crippen LogP contribution in [0.1, 0.15) is 44.5 Å². The Kier molecular flexibility index (Phi) is 8.44. The number of aromatic nitrogens is 2. The number of likely N-dealkylation sites (N-methyl/N-ethyl adjacent to an activating group) is 1. The maximum atomic E-state index is 13.9. The summed E-state index contributed by atoms with van der Waals surface area (Å²) in [7, 11) is 4.85. The smallest absolute Gasteiger partial charge is 0.302 e. The number of nitrogens with one attached hydrogen (secondary N) is 3. The first kappa shape index (κ1) is 27.6. The van der Waals surface area contributed by atoms with Crippen LogP contribution in [0.15, 0.2) is 35.0 Å². The summed E-state index contributed by atoms with van der Waals surface area (Å²) in [5.74, 6) is -0.584. The third-order valence-corrected chi connectivity index (χ3v) is 6.09. The molecule has 2 unspecified atom stereocenters. The molecule has 12 heteroatoms. The van der Waals surface area contributed by atoms with Crippen molar-refractivity contribution in [2.24, 2.45) is 10.9 Å². The second-order valence-electron chi connectivity index (χ2n) is 9.96. The molecule has 9 nitrogen and oxygen atoms in total. The van der Waals surface area contributed by atoms with E-state index in [-0.39, 0.29) is 35.7 Å². The van der Waals surface area contributed by atoms with Gasteiger partial charge in [-0.2, -0.15) is 13.9 Å². The lowest BCUT2D eigenvalue weighted by Crippen LogP contribution is -2.55. The molecule has 36 heavy (non-hydrogen) atoms. The van der Waals surface area contributed by atoms with Gasteiger partial charge in [0.25, 0.3) is 0 Å². The van der Waals surface area contributed by atoms with Gasteiger partial charge in [0.15, 0.2) is 0 Å². The molecule has 2 aliphatic rings. The molecule has 2 heterocycles. The lowest BCUT2D eigenvalue weighted by Gasteiger charge is -2.30. The fourth-order valence-electron chi connectivity index (χ4n) is 3.90. The molecule has 1 aromatic heterocycles. The number of carbonyl (C=O) groups excluding carboxylic acids is 2. The Hall–Kier alpha value is -2.94. The number of halogens is 2. The van der Waals surface area contributed by atoms with E-state index in [9.17, 15) is 18.4 Å². The summed E-state index contributed by atoms with van der Waals surface area (Å²) < 4.78 is 29.2. The van der Waals surface area contributed by atoms with Crippen LogP contribution < -0.4 is 10.6 Å². The van der Waals surface area contributed by atoms with E-state index < -0.39 is 22.9 Å². The molecule has 1 aromatic rings. The SMILES string of the molecule is CN=CC(=N)c1cc(C(F)(F)P)nn1CC(C)(C)NC(=O)C(CC1=CN(C)CC=C1)NC(=O)C1CC1. The number of carbonyl (C=O) groups is 2. The van der Waals surface area contributed by atoms with Gasteiger partial charge in [0, 0.05) is 45.4 Å². The first-order valence-corrected chi connectivity index (χ1v) is 12.3. The van der Waals surface area contributed by atoms with Gasteiger partial charge >= 0.3 is 5.66 Å². The number of rotatable bonds is 11. The number of amides is 2. The van der Waals surface area contributed by atoms with Gasteiger partial charge in [0.05, 0.1) is 23.5 Å². The highest BCUT2D eigenvalue weighted by Crippen LogP contribution is 2.34. The minimum atomic E-state index is -3.27. The summed E-state index contributed by atoms with van der Waals surface area (Å²) in [6.07, 6.45) is 9.06. The zero-order valence-corrected chi connectivity index (χ0v) is 22.2. The Morgan fingerprint density at radius 1 is 1.39 bits per heavy atom. The van der Waals surface area contributed by atoms with E-state index in [1.807, 2.05) is 30.3 Å². The maximum Gasteiger partial charge on any atom is 0.302 e. The summed E-state index contributed by atoms with van der Waals surface area (Å²) in [6, 6.07) is 0.348. The molecular formula is C24H34F2N7O2P. The predicted octanol–water partition coefficient (Wildman–Crippen LogP) is 2.44. The second kappa shape index (κ2) is 11.0. The fourth-order valence-corrected chi connectivity index (χ4v) is 4.04. The van der Waals surface area contributed by atoms with Crippen LogP contribution in [0.3, 0.4) is 0 Å². The van der Waals surface area contributed by atoms with Crippen molar-refractivity contribution in [3.8, 4) is 0 Å². The molecule has 1 aliphatic carbocycles. The quantitative estimate of drug-likeness (QED) is 0.307. The molecule has 3 N–H and O–H groups in total. The highest BCUT2D eigenvalue weighted by Gasteiger charge is 2.35. The van der Waals surface area contributed by atoms with Crippen LogP contribution >= 0.6 is 9.24 Å². The Balaban J connectivity index is 1.80. The van der Waals surface area contributed by atoms with Gasteiger partial charge < -0.3 is 15.5 Å². The van der Waals surface area contributed by atoms with Gasteiger partial charge in [0.1, 0.15) is 11.7 Å². The van der Waals surface area contributed by atoms with Crippen LogP contribution in [-0.2, 0) is 21.8 Å². The van der Waals surface area contributed by atoms with Crippen molar-refractivity contribution >= 4 is 33.0 Å². The first-order valence-electron chi connectivity index (χ1n) is 11.7. The third-order valence-electron chi connectivity index (χ3n) is 5.79. The fraction of sp³-hybridized carbons (Fsp3) is 0.542. The number of nitrogens with zero attached hydrogens (tertiary/aromatic N) is 4. The van der Waals surface area contributed by atoms with E-state index in [2.05, 4.69) is 20.7 Å². The van der Waals surface area contributed by atoms with Crippen LogP contribution in [0, 0.1) is 11.3 Å². The zero-order valence-electron chi connectivity index (χ0n) is 21.0. The van der Waals surface area contributed by atoms with Crippen molar-refractivity contribution in [2.75, 3.05) is 20.6 Å². The molecule has 0 spiro atoms. The Morgan fingerprint density at radius 3 is 2.67 bits per heavy atom. The first-order chi connectivity index (χ1) is 16.8. The number of alkyl halides is 2. The molecule has 0 radical (unpaired) electrons. The standard InChI is InChI=1S/C24H34F2N7O2P/c1-23(2,14-33-19(17(27)12-28-3)11-20(31-33)24(25,26)36)30-22(35)18(29-21(34)16-7-8-16)10-15-6-5-9-32(4)13-15/h5-6,11-13,16,18,27H,7-10,14,36H2,1-4H3,(H,29,34)(H,30,35). The summed E-state index contributed by atoms with van der Waals surface area (Å²) in [5, 5.41) is 18.0. The van der Waals surface area contributed by atoms with E-state index in [0.29, 0.717) is 6.42 Å². The van der Waals surface area contributed by atoms with Gasteiger partial charge in [-0.1, -0.05) is 21.4 Å². The van der Waals surface area contributed by atoms with Gasteiger partial charge in [-0.15, -0.1) is 0 Å². The molecule has 0 saturated heterocycles. The number of aliphatic imine (C=N–C) groups is 1. The molecule has 0 bridgehead atoms.